The Morgan fingerprint density at radius 3 is 2.60 bits per heavy atom. The predicted molar refractivity (Wildman–Crippen MR) is 54.5 cm³/mol. The number of aromatic nitrogens is 1. The first-order valence-electron chi connectivity index (χ1n) is 3.80. The second kappa shape index (κ2) is 4.97. The summed E-state index contributed by atoms with van der Waals surface area (Å²) in [6, 6.07) is 2.20. The minimum atomic E-state index is -4.46. The van der Waals surface area contributed by atoms with Crippen molar-refractivity contribution in [2.24, 2.45) is 0 Å². The molecule has 0 aromatic carbocycles. The summed E-state index contributed by atoms with van der Waals surface area (Å²) in [6.07, 6.45) is -4.46. The fourth-order valence-electron chi connectivity index (χ4n) is 0.797. The van der Waals surface area contributed by atoms with E-state index in [0.717, 1.165) is 6.07 Å². The van der Waals surface area contributed by atoms with Gasteiger partial charge in [0.05, 0.1) is 3.57 Å². The Labute approximate surface area is 97.7 Å². The Morgan fingerprint density at radius 2 is 2.07 bits per heavy atom. The summed E-state index contributed by atoms with van der Waals surface area (Å²) in [6.45, 7) is -0.135. The molecule has 7 heteroatoms. The third-order valence-corrected chi connectivity index (χ3v) is 2.24. The van der Waals surface area contributed by atoms with Gasteiger partial charge in [-0.05, 0) is 34.7 Å². The van der Waals surface area contributed by atoms with Crippen molar-refractivity contribution in [1.82, 2.24) is 4.98 Å². The molecular weight excluding hydrogens is 326 g/mol. The molecule has 0 saturated heterocycles. The minimum Gasteiger partial charge on any atom is -0.450 e. The van der Waals surface area contributed by atoms with Gasteiger partial charge in [0.2, 0.25) is 5.88 Å². The molecule has 0 aliphatic carbocycles. The smallest absolute Gasteiger partial charge is 0.433 e. The van der Waals surface area contributed by atoms with Crippen LogP contribution in [0.5, 0.6) is 5.88 Å². The van der Waals surface area contributed by atoms with Crippen LogP contribution in [0.15, 0.2) is 12.1 Å². The largest absolute Gasteiger partial charge is 0.450 e. The Hall–Kier alpha value is -0.570. The van der Waals surface area contributed by atoms with E-state index in [0.29, 0.717) is 3.57 Å². The first-order valence-corrected chi connectivity index (χ1v) is 4.88. The van der Waals surface area contributed by atoms with Gasteiger partial charge in [-0.3, -0.25) is 0 Å². The fraction of sp³-hybridized carbons (Fsp3) is 0.375. The second-order valence-electron chi connectivity index (χ2n) is 2.53. The van der Waals surface area contributed by atoms with Crippen LogP contribution in [-0.2, 0) is 10.9 Å². The van der Waals surface area contributed by atoms with Gasteiger partial charge in [-0.15, -0.1) is 0 Å². The molecule has 1 heterocycles. The van der Waals surface area contributed by atoms with Gasteiger partial charge in [0.15, 0.2) is 6.79 Å². The summed E-state index contributed by atoms with van der Waals surface area (Å²) in [5.41, 5.74) is -0.978. The van der Waals surface area contributed by atoms with Crippen LogP contribution in [0.3, 0.4) is 0 Å². The molecule has 0 spiro atoms. The average molecular weight is 333 g/mol. The number of alkyl halides is 3. The molecule has 0 unspecified atom stereocenters. The molecule has 0 aliphatic heterocycles. The van der Waals surface area contributed by atoms with Gasteiger partial charge in [-0.25, -0.2) is 4.98 Å². The molecule has 0 radical (unpaired) electrons. The van der Waals surface area contributed by atoms with Gasteiger partial charge in [-0.2, -0.15) is 13.2 Å². The van der Waals surface area contributed by atoms with Gasteiger partial charge < -0.3 is 9.47 Å². The molecule has 0 bridgehead atoms. The van der Waals surface area contributed by atoms with Crippen molar-refractivity contribution >= 4 is 22.6 Å². The third kappa shape index (κ3) is 3.49. The number of halogens is 4. The maximum Gasteiger partial charge on any atom is 0.433 e. The highest BCUT2D eigenvalue weighted by Crippen LogP contribution is 2.30. The average Bonchev–Trinajstić information content (AvgIpc) is 2.15. The molecular formula is C8H7F3INO2. The van der Waals surface area contributed by atoms with Crippen LogP contribution in [0.1, 0.15) is 5.69 Å². The molecule has 0 atom stereocenters. The van der Waals surface area contributed by atoms with Crippen LogP contribution in [0.2, 0.25) is 0 Å². The molecule has 0 saturated carbocycles. The van der Waals surface area contributed by atoms with E-state index in [9.17, 15) is 13.2 Å². The van der Waals surface area contributed by atoms with Crippen LogP contribution in [-0.4, -0.2) is 18.9 Å². The summed E-state index contributed by atoms with van der Waals surface area (Å²) in [7, 11) is 1.38. The summed E-state index contributed by atoms with van der Waals surface area (Å²) < 4.78 is 46.8. The molecule has 3 nitrogen and oxygen atoms in total. The highest BCUT2D eigenvalue weighted by molar-refractivity contribution is 14.1. The molecule has 1 rings (SSSR count). The Bertz CT molecular complexity index is 343. The van der Waals surface area contributed by atoms with Crippen molar-refractivity contribution in [3.05, 3.63) is 21.4 Å². The zero-order valence-corrected chi connectivity index (χ0v) is 9.79. The standard InChI is InChI=1S/C8H7F3INO2/c1-14-4-15-7-5(12)2-3-6(13-7)8(9,10)11/h2-3H,4H2,1H3. The van der Waals surface area contributed by atoms with Crippen molar-refractivity contribution in [3.63, 3.8) is 0 Å². The zero-order chi connectivity index (χ0) is 11.5. The van der Waals surface area contributed by atoms with Gasteiger partial charge in [0.25, 0.3) is 0 Å². The van der Waals surface area contributed by atoms with E-state index in [1.807, 2.05) is 22.6 Å². The summed E-state index contributed by atoms with van der Waals surface area (Å²) in [4.78, 5) is 3.35. The normalized spacial score (nSPS) is 11.5. The molecule has 15 heavy (non-hydrogen) atoms. The van der Waals surface area contributed by atoms with Gasteiger partial charge in [-0.1, -0.05) is 0 Å². The lowest BCUT2D eigenvalue weighted by atomic mass is 10.3. The van der Waals surface area contributed by atoms with Crippen LogP contribution >= 0.6 is 22.6 Å². The minimum absolute atomic E-state index is 0.0766. The van der Waals surface area contributed by atoms with Crippen LogP contribution in [0, 0.1) is 3.57 Å². The highest BCUT2D eigenvalue weighted by Gasteiger charge is 2.33. The topological polar surface area (TPSA) is 31.4 Å². The van der Waals surface area contributed by atoms with E-state index in [2.05, 4.69) is 9.72 Å². The van der Waals surface area contributed by atoms with E-state index in [1.165, 1.54) is 13.2 Å². The summed E-state index contributed by atoms with van der Waals surface area (Å²) in [5, 5.41) is 0. The third-order valence-electron chi connectivity index (χ3n) is 1.42. The first kappa shape index (κ1) is 12.5. The number of methoxy groups -OCH3 is 1. The van der Waals surface area contributed by atoms with Crippen molar-refractivity contribution < 1.29 is 22.6 Å². The molecule has 1 aromatic rings. The fourth-order valence-corrected chi connectivity index (χ4v) is 1.25. The Morgan fingerprint density at radius 1 is 1.40 bits per heavy atom. The van der Waals surface area contributed by atoms with E-state index in [1.54, 1.807) is 0 Å². The molecule has 0 amide bonds. The SMILES string of the molecule is COCOc1nc(C(F)(F)F)ccc1I. The summed E-state index contributed by atoms with van der Waals surface area (Å²) in [5.74, 6) is -0.0766. The van der Waals surface area contributed by atoms with Crippen molar-refractivity contribution in [2.75, 3.05) is 13.9 Å². The quantitative estimate of drug-likeness (QED) is 0.630. The van der Waals surface area contributed by atoms with Crippen molar-refractivity contribution in [3.8, 4) is 5.88 Å². The molecule has 0 aliphatic rings. The summed E-state index contributed by atoms with van der Waals surface area (Å²) >= 11 is 1.83. The highest BCUT2D eigenvalue weighted by atomic mass is 127. The number of pyridine rings is 1. The number of hydrogen-bond acceptors (Lipinski definition) is 3. The Balaban J connectivity index is 2.95. The zero-order valence-electron chi connectivity index (χ0n) is 7.64. The lowest BCUT2D eigenvalue weighted by Gasteiger charge is -2.09. The number of ether oxygens (including phenoxy) is 2. The van der Waals surface area contributed by atoms with Gasteiger partial charge in [0, 0.05) is 7.11 Å². The number of nitrogens with zero attached hydrogens (tertiary/aromatic N) is 1. The van der Waals surface area contributed by atoms with Crippen LogP contribution in [0.4, 0.5) is 13.2 Å². The molecule has 0 fully saturated rings. The van der Waals surface area contributed by atoms with E-state index in [-0.39, 0.29) is 12.7 Å². The van der Waals surface area contributed by atoms with Gasteiger partial charge in [0.1, 0.15) is 5.69 Å². The predicted octanol–water partition coefficient (Wildman–Crippen LogP) is 2.69. The number of hydrogen-bond donors (Lipinski definition) is 0. The molecule has 1 aromatic heterocycles. The maximum absolute atomic E-state index is 12.3. The van der Waals surface area contributed by atoms with Crippen molar-refractivity contribution in [2.45, 2.75) is 6.18 Å². The van der Waals surface area contributed by atoms with E-state index < -0.39 is 11.9 Å². The second-order valence-corrected chi connectivity index (χ2v) is 3.69. The monoisotopic (exact) mass is 333 g/mol. The van der Waals surface area contributed by atoms with Crippen LogP contribution < -0.4 is 4.74 Å². The van der Waals surface area contributed by atoms with Gasteiger partial charge >= 0.3 is 6.18 Å². The van der Waals surface area contributed by atoms with Crippen molar-refractivity contribution in [1.29, 1.82) is 0 Å². The van der Waals surface area contributed by atoms with E-state index in [4.69, 9.17) is 4.74 Å². The number of rotatable bonds is 3. The Kier molecular flexibility index (Phi) is 4.14. The lowest BCUT2D eigenvalue weighted by molar-refractivity contribution is -0.141. The maximum atomic E-state index is 12.3. The first-order chi connectivity index (χ1) is 6.95. The van der Waals surface area contributed by atoms with E-state index >= 15 is 0 Å². The molecule has 0 N–H and O–H groups in total. The lowest BCUT2D eigenvalue weighted by Crippen LogP contribution is -2.10. The molecule has 84 valence electrons. The van der Waals surface area contributed by atoms with Crippen LogP contribution in [0.25, 0.3) is 0 Å².